The first-order valence-electron chi connectivity index (χ1n) is 5.84. The van der Waals surface area contributed by atoms with Gasteiger partial charge in [0.15, 0.2) is 6.10 Å². The van der Waals surface area contributed by atoms with E-state index < -0.39 is 12.1 Å². The lowest BCUT2D eigenvalue weighted by Crippen LogP contribution is -2.10. The van der Waals surface area contributed by atoms with E-state index in [1.807, 2.05) is 30.3 Å². The largest absolute Gasteiger partial charge is 0.489 e. The Morgan fingerprint density at radius 3 is 2.26 bits per heavy atom. The van der Waals surface area contributed by atoms with Gasteiger partial charge in [0.2, 0.25) is 0 Å². The summed E-state index contributed by atoms with van der Waals surface area (Å²) in [7, 11) is 0. The number of carboxylic acids is 1. The summed E-state index contributed by atoms with van der Waals surface area (Å²) < 4.78 is 5.56. The van der Waals surface area contributed by atoms with Gasteiger partial charge in [-0.25, -0.2) is 4.79 Å². The van der Waals surface area contributed by atoms with Gasteiger partial charge >= 0.3 is 5.97 Å². The Kier molecular flexibility index (Phi) is 4.15. The number of aliphatic carboxylic acids is 1. The minimum absolute atomic E-state index is 0.333. The summed E-state index contributed by atoms with van der Waals surface area (Å²) in [6, 6.07) is 16.1. The molecule has 0 unspecified atom stereocenters. The Labute approximate surface area is 110 Å². The van der Waals surface area contributed by atoms with E-state index in [-0.39, 0.29) is 0 Å². The molecule has 0 heterocycles. The third-order valence-corrected chi connectivity index (χ3v) is 2.68. The molecule has 0 saturated carbocycles. The van der Waals surface area contributed by atoms with E-state index in [1.54, 1.807) is 24.3 Å². The number of benzene rings is 2. The molecule has 4 heteroatoms. The van der Waals surface area contributed by atoms with Crippen molar-refractivity contribution in [3.63, 3.8) is 0 Å². The van der Waals surface area contributed by atoms with Crippen LogP contribution in [-0.4, -0.2) is 16.2 Å². The molecule has 2 N–H and O–H groups in total. The fourth-order valence-electron chi connectivity index (χ4n) is 1.63. The van der Waals surface area contributed by atoms with E-state index in [0.717, 1.165) is 5.56 Å². The van der Waals surface area contributed by atoms with Crippen molar-refractivity contribution < 1.29 is 19.7 Å². The van der Waals surface area contributed by atoms with Gasteiger partial charge in [0.1, 0.15) is 12.4 Å². The Morgan fingerprint density at radius 1 is 1.05 bits per heavy atom. The maximum Gasteiger partial charge on any atom is 0.337 e. The van der Waals surface area contributed by atoms with E-state index in [9.17, 15) is 9.90 Å². The molecule has 0 bridgehead atoms. The lowest BCUT2D eigenvalue weighted by Gasteiger charge is -2.09. The summed E-state index contributed by atoms with van der Waals surface area (Å²) >= 11 is 0. The molecule has 0 aliphatic rings. The zero-order valence-electron chi connectivity index (χ0n) is 10.2. The summed E-state index contributed by atoms with van der Waals surface area (Å²) in [6.07, 6.45) is -1.50. The van der Waals surface area contributed by atoms with Crippen LogP contribution in [0, 0.1) is 0 Å². The molecule has 19 heavy (non-hydrogen) atoms. The van der Waals surface area contributed by atoms with Crippen molar-refractivity contribution in [2.75, 3.05) is 0 Å². The van der Waals surface area contributed by atoms with E-state index in [4.69, 9.17) is 9.84 Å². The van der Waals surface area contributed by atoms with E-state index >= 15 is 0 Å². The molecule has 0 fully saturated rings. The maximum absolute atomic E-state index is 10.6. The molecule has 0 spiro atoms. The summed E-state index contributed by atoms with van der Waals surface area (Å²) in [4.78, 5) is 10.6. The molecule has 0 aliphatic heterocycles. The standard InChI is InChI=1S/C15H14O4/c16-14(15(17)18)12-6-8-13(9-7-12)19-10-11-4-2-1-3-5-11/h1-9,14,16H,10H2,(H,17,18)/t14-/m0/s1. The van der Waals surface area contributed by atoms with Crippen molar-refractivity contribution in [1.29, 1.82) is 0 Å². The smallest absolute Gasteiger partial charge is 0.337 e. The lowest BCUT2D eigenvalue weighted by atomic mass is 10.1. The minimum Gasteiger partial charge on any atom is -0.489 e. The first-order chi connectivity index (χ1) is 9.16. The zero-order valence-corrected chi connectivity index (χ0v) is 10.2. The third-order valence-electron chi connectivity index (χ3n) is 2.68. The van der Waals surface area contributed by atoms with Gasteiger partial charge in [-0.05, 0) is 23.3 Å². The first kappa shape index (κ1) is 13.1. The van der Waals surface area contributed by atoms with Crippen LogP contribution in [0.3, 0.4) is 0 Å². The van der Waals surface area contributed by atoms with Crippen LogP contribution in [0.5, 0.6) is 5.75 Å². The van der Waals surface area contributed by atoms with Crippen LogP contribution in [0.15, 0.2) is 54.6 Å². The van der Waals surface area contributed by atoms with Gasteiger partial charge in [0, 0.05) is 0 Å². The molecule has 98 valence electrons. The molecule has 0 aliphatic carbocycles. The SMILES string of the molecule is O=C(O)[C@@H](O)c1ccc(OCc2ccccc2)cc1. The Bertz CT molecular complexity index is 534. The number of rotatable bonds is 5. The van der Waals surface area contributed by atoms with Gasteiger partial charge in [-0.3, -0.25) is 0 Å². The van der Waals surface area contributed by atoms with Crippen LogP contribution in [-0.2, 0) is 11.4 Å². The Hall–Kier alpha value is -2.33. The van der Waals surface area contributed by atoms with Crippen molar-refractivity contribution in [2.45, 2.75) is 12.7 Å². The van der Waals surface area contributed by atoms with Crippen LogP contribution >= 0.6 is 0 Å². The van der Waals surface area contributed by atoms with Crippen LogP contribution in [0.1, 0.15) is 17.2 Å². The number of ether oxygens (including phenoxy) is 1. The lowest BCUT2D eigenvalue weighted by molar-refractivity contribution is -0.146. The first-order valence-corrected chi connectivity index (χ1v) is 5.84. The van der Waals surface area contributed by atoms with Crippen molar-refractivity contribution in [2.24, 2.45) is 0 Å². The van der Waals surface area contributed by atoms with Crippen molar-refractivity contribution in [3.8, 4) is 5.75 Å². The summed E-state index contributed by atoms with van der Waals surface area (Å²) in [5.74, 6) is -0.636. The molecule has 0 radical (unpaired) electrons. The topological polar surface area (TPSA) is 66.8 Å². The molecular formula is C15H14O4. The number of hydrogen-bond donors (Lipinski definition) is 2. The molecular weight excluding hydrogens is 244 g/mol. The average Bonchev–Trinajstić information content (AvgIpc) is 2.46. The van der Waals surface area contributed by atoms with Gasteiger partial charge in [0.25, 0.3) is 0 Å². The minimum atomic E-state index is -1.50. The van der Waals surface area contributed by atoms with Gasteiger partial charge in [0.05, 0.1) is 0 Å². The number of carboxylic acid groups (broad SMARTS) is 1. The monoisotopic (exact) mass is 258 g/mol. The average molecular weight is 258 g/mol. The number of aliphatic hydroxyl groups excluding tert-OH is 1. The van der Waals surface area contributed by atoms with E-state index in [2.05, 4.69) is 0 Å². The van der Waals surface area contributed by atoms with E-state index in [0.29, 0.717) is 17.9 Å². The summed E-state index contributed by atoms with van der Waals surface area (Å²) in [5.41, 5.74) is 1.39. The van der Waals surface area contributed by atoms with Gasteiger partial charge < -0.3 is 14.9 Å². The zero-order chi connectivity index (χ0) is 13.7. The molecule has 0 aromatic heterocycles. The highest BCUT2D eigenvalue weighted by atomic mass is 16.5. The third kappa shape index (κ3) is 3.56. The molecule has 2 rings (SSSR count). The van der Waals surface area contributed by atoms with Crippen molar-refractivity contribution in [3.05, 3.63) is 65.7 Å². The normalized spacial score (nSPS) is 11.8. The molecule has 4 nitrogen and oxygen atoms in total. The second kappa shape index (κ2) is 6.02. The summed E-state index contributed by atoms with van der Waals surface area (Å²) in [6.45, 7) is 0.446. The summed E-state index contributed by atoms with van der Waals surface area (Å²) in [5, 5.41) is 18.0. The van der Waals surface area contributed by atoms with Crippen molar-refractivity contribution >= 4 is 5.97 Å². The fraction of sp³-hybridized carbons (Fsp3) is 0.133. The number of aliphatic hydroxyl groups is 1. The molecule has 1 atom stereocenters. The Morgan fingerprint density at radius 2 is 1.68 bits per heavy atom. The predicted octanol–water partition coefficient (Wildman–Crippen LogP) is 2.38. The van der Waals surface area contributed by atoms with Crippen LogP contribution < -0.4 is 4.74 Å². The van der Waals surface area contributed by atoms with Crippen molar-refractivity contribution in [1.82, 2.24) is 0 Å². The van der Waals surface area contributed by atoms with E-state index in [1.165, 1.54) is 0 Å². The van der Waals surface area contributed by atoms with Crippen LogP contribution in [0.2, 0.25) is 0 Å². The molecule has 0 saturated heterocycles. The fourth-order valence-corrected chi connectivity index (χ4v) is 1.63. The number of carbonyl (C=O) groups is 1. The molecule has 0 amide bonds. The molecule has 2 aromatic carbocycles. The Balaban J connectivity index is 1.97. The highest BCUT2D eigenvalue weighted by Crippen LogP contribution is 2.18. The quantitative estimate of drug-likeness (QED) is 0.864. The predicted molar refractivity (Wildman–Crippen MR) is 69.8 cm³/mol. The second-order valence-electron chi connectivity index (χ2n) is 4.08. The van der Waals surface area contributed by atoms with Crippen LogP contribution in [0.25, 0.3) is 0 Å². The second-order valence-corrected chi connectivity index (χ2v) is 4.08. The highest BCUT2D eigenvalue weighted by Gasteiger charge is 2.15. The maximum atomic E-state index is 10.6. The number of hydrogen-bond acceptors (Lipinski definition) is 3. The van der Waals surface area contributed by atoms with Gasteiger partial charge in [-0.2, -0.15) is 0 Å². The highest BCUT2D eigenvalue weighted by molar-refractivity contribution is 5.74. The van der Waals surface area contributed by atoms with Gasteiger partial charge in [-0.1, -0.05) is 42.5 Å². The van der Waals surface area contributed by atoms with Gasteiger partial charge in [-0.15, -0.1) is 0 Å². The van der Waals surface area contributed by atoms with Crippen LogP contribution in [0.4, 0.5) is 0 Å². The molecule has 2 aromatic rings.